The van der Waals surface area contributed by atoms with E-state index in [2.05, 4.69) is 4.98 Å². The van der Waals surface area contributed by atoms with Gasteiger partial charge in [-0.2, -0.15) is 0 Å². The largest absolute Gasteiger partial charge is 0.447 e. The maximum absolute atomic E-state index is 12.8. The SMILES string of the molecule is CC[C@@H](C)n1c(SCC(=O)N2CCOC2=O)nc2ccccc2c1=O. The van der Waals surface area contributed by atoms with Crippen LogP contribution in [0, 0.1) is 0 Å². The lowest BCUT2D eigenvalue weighted by Crippen LogP contribution is -2.33. The number of hydrogen-bond donors (Lipinski definition) is 0. The van der Waals surface area contributed by atoms with Gasteiger partial charge in [-0.15, -0.1) is 0 Å². The third-order valence-corrected chi connectivity index (χ3v) is 5.13. The molecule has 1 aliphatic rings. The molecule has 1 aliphatic heterocycles. The minimum Gasteiger partial charge on any atom is -0.447 e. The lowest BCUT2D eigenvalue weighted by Gasteiger charge is -2.18. The number of carbonyl (C=O) groups excluding carboxylic acids is 2. The standard InChI is InChI=1S/C17H19N3O4S/c1-3-11(2)20-15(22)12-6-4-5-7-13(12)18-16(20)25-10-14(21)19-8-9-24-17(19)23/h4-7,11H,3,8-10H2,1-2H3/t11-/m1/s1. The summed E-state index contributed by atoms with van der Waals surface area (Å²) in [7, 11) is 0. The summed E-state index contributed by atoms with van der Waals surface area (Å²) in [5, 5.41) is 1.04. The molecule has 0 radical (unpaired) electrons. The van der Waals surface area contributed by atoms with E-state index in [-0.39, 0.29) is 36.4 Å². The van der Waals surface area contributed by atoms with Crippen LogP contribution >= 0.6 is 11.8 Å². The van der Waals surface area contributed by atoms with Crippen molar-refractivity contribution in [3.05, 3.63) is 34.6 Å². The number of imide groups is 1. The van der Waals surface area contributed by atoms with Gasteiger partial charge >= 0.3 is 6.09 Å². The molecule has 7 nitrogen and oxygen atoms in total. The molecule has 8 heteroatoms. The van der Waals surface area contributed by atoms with Gasteiger partial charge in [0, 0.05) is 6.04 Å². The summed E-state index contributed by atoms with van der Waals surface area (Å²) in [6.07, 6.45) is 0.149. The second kappa shape index (κ2) is 7.26. The van der Waals surface area contributed by atoms with E-state index in [4.69, 9.17) is 4.74 Å². The predicted molar refractivity (Wildman–Crippen MR) is 94.8 cm³/mol. The van der Waals surface area contributed by atoms with E-state index in [0.717, 1.165) is 11.3 Å². The fraction of sp³-hybridized carbons (Fsp3) is 0.412. The van der Waals surface area contributed by atoms with E-state index >= 15 is 0 Å². The Labute approximate surface area is 149 Å². The van der Waals surface area contributed by atoms with E-state index in [9.17, 15) is 14.4 Å². The monoisotopic (exact) mass is 361 g/mol. The molecule has 0 spiro atoms. The lowest BCUT2D eigenvalue weighted by molar-refractivity contribution is -0.125. The smallest absolute Gasteiger partial charge is 0.416 e. The number of rotatable bonds is 5. The highest BCUT2D eigenvalue weighted by molar-refractivity contribution is 7.99. The fourth-order valence-electron chi connectivity index (χ4n) is 2.62. The number of para-hydroxylation sites is 1. The van der Waals surface area contributed by atoms with Crippen LogP contribution < -0.4 is 5.56 Å². The first kappa shape index (κ1) is 17.5. The number of carbonyl (C=O) groups is 2. The fourth-order valence-corrected chi connectivity index (χ4v) is 3.60. The number of hydrogen-bond acceptors (Lipinski definition) is 6. The summed E-state index contributed by atoms with van der Waals surface area (Å²) in [4.78, 5) is 42.2. The van der Waals surface area contributed by atoms with Crippen LogP contribution in [0.2, 0.25) is 0 Å². The van der Waals surface area contributed by atoms with E-state index in [1.807, 2.05) is 26.0 Å². The van der Waals surface area contributed by atoms with Crippen LogP contribution in [-0.4, -0.2) is 45.4 Å². The molecule has 0 N–H and O–H groups in total. The van der Waals surface area contributed by atoms with Crippen LogP contribution in [-0.2, 0) is 9.53 Å². The van der Waals surface area contributed by atoms with Crippen LogP contribution in [0.5, 0.6) is 0 Å². The maximum Gasteiger partial charge on any atom is 0.416 e. The van der Waals surface area contributed by atoms with Crippen LogP contribution in [0.1, 0.15) is 26.3 Å². The van der Waals surface area contributed by atoms with Gasteiger partial charge in [-0.3, -0.25) is 14.2 Å². The average Bonchev–Trinajstić information content (AvgIpc) is 3.05. The Balaban J connectivity index is 1.93. The molecule has 0 aliphatic carbocycles. The summed E-state index contributed by atoms with van der Waals surface area (Å²) in [5.74, 6) is -0.318. The summed E-state index contributed by atoms with van der Waals surface area (Å²) < 4.78 is 6.41. The van der Waals surface area contributed by atoms with Gasteiger partial charge in [0.1, 0.15) is 6.61 Å². The van der Waals surface area contributed by atoms with Crippen molar-refractivity contribution in [3.8, 4) is 0 Å². The molecular formula is C17H19N3O4S. The Morgan fingerprint density at radius 2 is 2.12 bits per heavy atom. The first-order chi connectivity index (χ1) is 12.0. The van der Waals surface area contributed by atoms with Gasteiger partial charge in [0.15, 0.2) is 5.16 Å². The summed E-state index contributed by atoms with van der Waals surface area (Å²) in [5.41, 5.74) is 0.484. The zero-order valence-electron chi connectivity index (χ0n) is 14.1. The molecule has 0 unspecified atom stereocenters. The molecule has 1 fully saturated rings. The van der Waals surface area contributed by atoms with Gasteiger partial charge in [0.05, 0.1) is 23.2 Å². The topological polar surface area (TPSA) is 81.5 Å². The van der Waals surface area contributed by atoms with Crippen molar-refractivity contribution < 1.29 is 14.3 Å². The normalized spacial score (nSPS) is 15.4. The van der Waals surface area contributed by atoms with Crippen molar-refractivity contribution in [3.63, 3.8) is 0 Å². The molecule has 1 aromatic carbocycles. The second-order valence-electron chi connectivity index (χ2n) is 5.79. The van der Waals surface area contributed by atoms with E-state index in [1.165, 1.54) is 11.8 Å². The highest BCUT2D eigenvalue weighted by atomic mass is 32.2. The van der Waals surface area contributed by atoms with Crippen LogP contribution in [0.25, 0.3) is 10.9 Å². The number of cyclic esters (lactones) is 1. The second-order valence-corrected chi connectivity index (χ2v) is 6.73. The van der Waals surface area contributed by atoms with Crippen molar-refractivity contribution in [1.82, 2.24) is 14.5 Å². The average molecular weight is 361 g/mol. The summed E-state index contributed by atoms with van der Waals surface area (Å²) in [6.45, 7) is 4.43. The molecule has 3 rings (SSSR count). The first-order valence-electron chi connectivity index (χ1n) is 8.14. The third kappa shape index (κ3) is 3.39. The molecule has 0 saturated carbocycles. The van der Waals surface area contributed by atoms with Crippen molar-refractivity contribution in [2.45, 2.75) is 31.5 Å². The Morgan fingerprint density at radius 1 is 1.36 bits per heavy atom. The molecule has 2 amide bonds. The van der Waals surface area contributed by atoms with Gasteiger partial charge in [-0.1, -0.05) is 30.8 Å². The number of ether oxygens (including phenoxy) is 1. The Morgan fingerprint density at radius 3 is 2.80 bits per heavy atom. The molecule has 1 saturated heterocycles. The minimum atomic E-state index is -0.614. The van der Waals surface area contributed by atoms with Crippen molar-refractivity contribution in [1.29, 1.82) is 0 Å². The van der Waals surface area contributed by atoms with E-state index in [0.29, 0.717) is 16.1 Å². The van der Waals surface area contributed by atoms with Crippen molar-refractivity contribution >= 4 is 34.7 Å². The number of fused-ring (bicyclic) bond motifs is 1. The van der Waals surface area contributed by atoms with Crippen LogP contribution in [0.15, 0.2) is 34.2 Å². The molecule has 1 aromatic heterocycles. The zero-order chi connectivity index (χ0) is 18.0. The van der Waals surface area contributed by atoms with Gasteiger partial charge in [0.25, 0.3) is 5.56 Å². The zero-order valence-corrected chi connectivity index (χ0v) is 14.9. The van der Waals surface area contributed by atoms with Gasteiger partial charge < -0.3 is 4.74 Å². The number of aromatic nitrogens is 2. The molecule has 1 atom stereocenters. The van der Waals surface area contributed by atoms with Crippen LogP contribution in [0.3, 0.4) is 0 Å². The van der Waals surface area contributed by atoms with Crippen molar-refractivity contribution in [2.75, 3.05) is 18.9 Å². The number of amides is 2. The number of nitrogens with zero attached hydrogens (tertiary/aromatic N) is 3. The molecule has 2 aromatic rings. The molecule has 132 valence electrons. The molecule has 2 heterocycles. The first-order valence-corrected chi connectivity index (χ1v) is 9.12. The van der Waals surface area contributed by atoms with Gasteiger partial charge in [0.2, 0.25) is 5.91 Å². The Kier molecular flexibility index (Phi) is 5.08. The van der Waals surface area contributed by atoms with Gasteiger partial charge in [-0.25, -0.2) is 14.7 Å². The van der Waals surface area contributed by atoms with Crippen LogP contribution in [0.4, 0.5) is 4.79 Å². The van der Waals surface area contributed by atoms with Crippen molar-refractivity contribution in [2.24, 2.45) is 0 Å². The van der Waals surface area contributed by atoms with E-state index < -0.39 is 6.09 Å². The van der Waals surface area contributed by atoms with Gasteiger partial charge in [-0.05, 0) is 25.5 Å². The Hall–Kier alpha value is -2.35. The summed E-state index contributed by atoms with van der Waals surface area (Å²) >= 11 is 1.17. The minimum absolute atomic E-state index is 0.0241. The summed E-state index contributed by atoms with van der Waals surface area (Å²) in [6, 6.07) is 7.12. The number of thioether (sulfide) groups is 1. The molecule has 25 heavy (non-hydrogen) atoms. The Bertz CT molecular complexity index is 880. The molecule has 0 bridgehead atoms. The maximum atomic E-state index is 12.8. The third-order valence-electron chi connectivity index (χ3n) is 4.19. The highest BCUT2D eigenvalue weighted by Crippen LogP contribution is 2.23. The predicted octanol–water partition coefficient (Wildman–Crippen LogP) is 2.44. The molecular weight excluding hydrogens is 342 g/mol. The lowest BCUT2D eigenvalue weighted by atomic mass is 10.2. The number of benzene rings is 1. The van der Waals surface area contributed by atoms with E-state index in [1.54, 1.807) is 16.7 Å². The quantitative estimate of drug-likeness (QED) is 0.601. The highest BCUT2D eigenvalue weighted by Gasteiger charge is 2.28.